The molecule has 3 N–H and O–H groups in total. The van der Waals surface area contributed by atoms with E-state index in [1.54, 1.807) is 19.1 Å². The molecule has 2 unspecified atom stereocenters. The van der Waals surface area contributed by atoms with Crippen molar-refractivity contribution in [3.8, 4) is 5.75 Å². The second kappa shape index (κ2) is 15.4. The molecule has 15 heteroatoms. The molecule has 2 aliphatic heterocycles. The number of hydrazine groups is 1. The highest BCUT2D eigenvalue weighted by Crippen LogP contribution is 2.27. The number of ether oxygens (including phenoxy) is 2. The molecule has 248 valence electrons. The SMILES string of the molecule is CCCCOC(=O)N1CCN(C(=O)C(CCC(=O)O)NC(=O)c2cc(OCC(=O)N3NC(=O)CC3C)c3ccc(C)cc3n2)CC1. The molecule has 46 heavy (non-hydrogen) atoms. The number of unbranched alkanes of at least 4 members (excludes halogenated alkanes) is 1. The molecule has 5 amide bonds. The van der Waals surface area contributed by atoms with Crippen LogP contribution in [0.2, 0.25) is 0 Å². The molecule has 2 aromatic rings. The third-order valence-electron chi connectivity index (χ3n) is 7.77. The Morgan fingerprint density at radius 1 is 1.11 bits per heavy atom. The number of benzene rings is 1. The molecular formula is C31H40N6O9. The van der Waals surface area contributed by atoms with Crippen LogP contribution in [-0.2, 0) is 23.9 Å². The van der Waals surface area contributed by atoms with Crippen LogP contribution in [0.3, 0.4) is 0 Å². The minimum Gasteiger partial charge on any atom is -0.483 e. The molecular weight excluding hydrogens is 600 g/mol. The summed E-state index contributed by atoms with van der Waals surface area (Å²) in [5.74, 6) is -2.90. The van der Waals surface area contributed by atoms with Gasteiger partial charge in [0, 0.05) is 44.1 Å². The number of hydrogen-bond acceptors (Lipinski definition) is 9. The van der Waals surface area contributed by atoms with Gasteiger partial charge in [0.25, 0.3) is 11.8 Å². The molecule has 3 heterocycles. The largest absolute Gasteiger partial charge is 0.483 e. The minimum absolute atomic E-state index is 0.101. The number of aromatic nitrogens is 1. The van der Waals surface area contributed by atoms with Gasteiger partial charge >= 0.3 is 12.1 Å². The van der Waals surface area contributed by atoms with Crippen LogP contribution in [0.4, 0.5) is 4.79 Å². The number of pyridine rings is 1. The molecule has 2 aliphatic rings. The predicted octanol–water partition coefficient (Wildman–Crippen LogP) is 1.62. The Balaban J connectivity index is 1.48. The Morgan fingerprint density at radius 2 is 1.83 bits per heavy atom. The van der Waals surface area contributed by atoms with Crippen LogP contribution < -0.4 is 15.5 Å². The molecule has 15 nitrogen and oxygen atoms in total. The highest BCUT2D eigenvalue weighted by Gasteiger charge is 2.33. The van der Waals surface area contributed by atoms with Crippen LogP contribution >= 0.6 is 0 Å². The number of aryl methyl sites for hydroxylation is 1. The number of hydrogen-bond donors (Lipinski definition) is 3. The van der Waals surface area contributed by atoms with Gasteiger partial charge in [-0.2, -0.15) is 0 Å². The molecule has 0 aliphatic carbocycles. The first kappa shape index (κ1) is 33.9. The fraction of sp³-hybridized carbons (Fsp3) is 0.516. The lowest BCUT2D eigenvalue weighted by Gasteiger charge is -2.36. The minimum atomic E-state index is -1.17. The number of carboxylic acid groups (broad SMARTS) is 1. The maximum atomic E-state index is 13.5. The molecule has 2 fully saturated rings. The van der Waals surface area contributed by atoms with E-state index < -0.39 is 42.4 Å². The van der Waals surface area contributed by atoms with E-state index in [2.05, 4.69) is 15.7 Å². The van der Waals surface area contributed by atoms with Crippen molar-refractivity contribution in [2.75, 3.05) is 39.4 Å². The van der Waals surface area contributed by atoms with Crippen LogP contribution in [0.1, 0.15) is 62.0 Å². The number of piperazine rings is 1. The lowest BCUT2D eigenvalue weighted by Crippen LogP contribution is -2.56. The molecule has 0 saturated carbocycles. The fourth-order valence-corrected chi connectivity index (χ4v) is 5.19. The fourth-order valence-electron chi connectivity index (χ4n) is 5.19. The van der Waals surface area contributed by atoms with Crippen molar-refractivity contribution in [2.24, 2.45) is 0 Å². The number of carboxylic acids is 1. The highest BCUT2D eigenvalue weighted by atomic mass is 16.6. The number of nitrogens with zero attached hydrogens (tertiary/aromatic N) is 4. The summed E-state index contributed by atoms with van der Waals surface area (Å²) < 4.78 is 11.1. The zero-order chi connectivity index (χ0) is 33.4. The zero-order valence-electron chi connectivity index (χ0n) is 26.2. The van der Waals surface area contributed by atoms with Crippen LogP contribution in [0.25, 0.3) is 10.9 Å². The number of carbonyl (C=O) groups excluding carboxylic acids is 5. The van der Waals surface area contributed by atoms with Gasteiger partial charge in [0.05, 0.1) is 24.6 Å². The number of amides is 5. The van der Waals surface area contributed by atoms with E-state index in [1.807, 2.05) is 19.9 Å². The van der Waals surface area contributed by atoms with Crippen LogP contribution in [0, 0.1) is 6.92 Å². The topological polar surface area (TPSA) is 188 Å². The van der Waals surface area contributed by atoms with Gasteiger partial charge in [0.1, 0.15) is 17.5 Å². The van der Waals surface area contributed by atoms with Crippen molar-refractivity contribution in [3.05, 3.63) is 35.5 Å². The maximum Gasteiger partial charge on any atom is 0.409 e. The predicted molar refractivity (Wildman–Crippen MR) is 164 cm³/mol. The van der Waals surface area contributed by atoms with E-state index in [0.717, 1.165) is 18.4 Å². The molecule has 0 bridgehead atoms. The van der Waals surface area contributed by atoms with Crippen molar-refractivity contribution in [1.82, 2.24) is 30.5 Å². The van der Waals surface area contributed by atoms with Gasteiger partial charge in [-0.25, -0.2) is 14.8 Å². The summed E-state index contributed by atoms with van der Waals surface area (Å²) in [6.45, 7) is 6.32. The summed E-state index contributed by atoms with van der Waals surface area (Å²) >= 11 is 0. The number of nitrogens with one attached hydrogen (secondary N) is 2. The third kappa shape index (κ3) is 8.61. The van der Waals surface area contributed by atoms with E-state index in [1.165, 1.54) is 20.9 Å². The van der Waals surface area contributed by atoms with Crippen molar-refractivity contribution >= 4 is 46.6 Å². The van der Waals surface area contributed by atoms with Gasteiger partial charge in [-0.1, -0.05) is 19.4 Å². The van der Waals surface area contributed by atoms with E-state index in [9.17, 15) is 33.9 Å². The second-order valence-electron chi connectivity index (χ2n) is 11.4. The van der Waals surface area contributed by atoms with Gasteiger partial charge in [0.2, 0.25) is 11.8 Å². The normalized spacial score (nSPS) is 17.0. The number of fused-ring (bicyclic) bond motifs is 1. The first-order valence-electron chi connectivity index (χ1n) is 15.4. The van der Waals surface area contributed by atoms with E-state index in [4.69, 9.17) is 9.47 Å². The zero-order valence-corrected chi connectivity index (χ0v) is 26.2. The number of aliphatic carboxylic acids is 1. The third-order valence-corrected chi connectivity index (χ3v) is 7.77. The first-order valence-corrected chi connectivity index (χ1v) is 15.4. The Morgan fingerprint density at radius 3 is 2.48 bits per heavy atom. The maximum absolute atomic E-state index is 13.5. The summed E-state index contributed by atoms with van der Waals surface area (Å²) in [4.78, 5) is 82.6. The number of rotatable bonds is 12. The lowest BCUT2D eigenvalue weighted by molar-refractivity contribution is -0.139. The van der Waals surface area contributed by atoms with Crippen molar-refractivity contribution in [1.29, 1.82) is 0 Å². The van der Waals surface area contributed by atoms with Crippen molar-refractivity contribution in [2.45, 2.75) is 65.0 Å². The van der Waals surface area contributed by atoms with E-state index in [-0.39, 0.29) is 68.8 Å². The summed E-state index contributed by atoms with van der Waals surface area (Å²) in [6, 6.07) is 5.15. The monoisotopic (exact) mass is 640 g/mol. The molecule has 4 rings (SSSR count). The average Bonchev–Trinajstić information content (AvgIpc) is 3.38. The standard InChI is InChI=1S/C31H40N6O9/c1-4-5-14-45-31(44)36-12-10-35(11-13-36)30(43)22(8-9-28(40)41)33-29(42)24-17-25(21-7-6-19(2)15-23(21)32-24)46-18-27(39)37-20(3)16-26(38)34-37/h6-7,15,17,20,22H,4-5,8-14,16,18H2,1-3H3,(H,33,42)(H,34,38)(H,40,41). The van der Waals surface area contributed by atoms with Gasteiger partial charge in [-0.05, 0) is 44.4 Å². The summed E-state index contributed by atoms with van der Waals surface area (Å²) in [7, 11) is 0. The Labute approximate surface area is 266 Å². The van der Waals surface area contributed by atoms with E-state index in [0.29, 0.717) is 17.5 Å². The quantitative estimate of drug-likeness (QED) is 0.288. The van der Waals surface area contributed by atoms with Gasteiger partial charge in [-0.15, -0.1) is 0 Å². The van der Waals surface area contributed by atoms with Gasteiger partial charge in [0.15, 0.2) is 6.61 Å². The van der Waals surface area contributed by atoms with Crippen molar-refractivity contribution in [3.63, 3.8) is 0 Å². The van der Waals surface area contributed by atoms with Crippen molar-refractivity contribution < 1.29 is 43.3 Å². The summed E-state index contributed by atoms with van der Waals surface area (Å²) in [5, 5.41) is 13.7. The summed E-state index contributed by atoms with van der Waals surface area (Å²) in [5.41, 5.74) is 3.66. The lowest BCUT2D eigenvalue weighted by atomic mass is 10.1. The molecule has 0 radical (unpaired) electrons. The Hall–Kier alpha value is -4.95. The smallest absolute Gasteiger partial charge is 0.409 e. The Bertz CT molecular complexity index is 1490. The van der Waals surface area contributed by atoms with Gasteiger partial charge < -0.3 is 29.7 Å². The molecule has 0 spiro atoms. The average molecular weight is 641 g/mol. The highest BCUT2D eigenvalue weighted by molar-refractivity contribution is 5.99. The molecule has 1 aromatic heterocycles. The molecule has 1 aromatic carbocycles. The summed E-state index contributed by atoms with van der Waals surface area (Å²) in [6.07, 6.45) is 0.838. The van der Waals surface area contributed by atoms with Crippen LogP contribution in [0.15, 0.2) is 24.3 Å². The first-order chi connectivity index (χ1) is 22.0. The van der Waals surface area contributed by atoms with Gasteiger partial charge in [-0.3, -0.25) is 29.4 Å². The number of carbonyl (C=O) groups is 6. The molecule has 2 atom stereocenters. The van der Waals surface area contributed by atoms with Crippen LogP contribution in [0.5, 0.6) is 5.75 Å². The van der Waals surface area contributed by atoms with E-state index >= 15 is 0 Å². The molecule has 2 saturated heterocycles. The van der Waals surface area contributed by atoms with Crippen LogP contribution in [-0.4, -0.2) is 112 Å². The second-order valence-corrected chi connectivity index (χ2v) is 11.4. The Kier molecular flexibility index (Phi) is 11.3.